The predicted octanol–water partition coefficient (Wildman–Crippen LogP) is -0.0539. The van der Waals surface area contributed by atoms with E-state index in [1.807, 2.05) is 20.2 Å². The van der Waals surface area contributed by atoms with Crippen molar-refractivity contribution in [1.29, 1.82) is 0 Å². The van der Waals surface area contributed by atoms with E-state index in [-0.39, 0.29) is 11.9 Å². The standard InChI is InChI=1S/C9H16N4O/c1-3-11-8(4-9(10)14)7-5-12-13(2)6-7/h5-6,8,11H,3-4H2,1-2H3,(H2,10,14). The Bertz CT molecular complexity index is 308. The Morgan fingerprint density at radius 2 is 2.50 bits per heavy atom. The van der Waals surface area contributed by atoms with Gasteiger partial charge in [-0.3, -0.25) is 9.48 Å². The minimum Gasteiger partial charge on any atom is -0.370 e. The number of amides is 1. The summed E-state index contributed by atoms with van der Waals surface area (Å²) in [7, 11) is 1.84. The fourth-order valence-electron chi connectivity index (χ4n) is 1.38. The number of aromatic nitrogens is 2. The van der Waals surface area contributed by atoms with Crippen LogP contribution in [-0.2, 0) is 11.8 Å². The van der Waals surface area contributed by atoms with Crippen molar-refractivity contribution in [2.45, 2.75) is 19.4 Å². The summed E-state index contributed by atoms with van der Waals surface area (Å²) < 4.78 is 1.71. The van der Waals surface area contributed by atoms with E-state index in [0.29, 0.717) is 6.42 Å². The largest absolute Gasteiger partial charge is 0.370 e. The van der Waals surface area contributed by atoms with Gasteiger partial charge < -0.3 is 11.1 Å². The van der Waals surface area contributed by atoms with Gasteiger partial charge in [0.15, 0.2) is 0 Å². The third-order valence-electron chi connectivity index (χ3n) is 1.98. The molecule has 1 unspecified atom stereocenters. The van der Waals surface area contributed by atoms with Gasteiger partial charge in [-0.25, -0.2) is 0 Å². The average molecular weight is 196 g/mol. The van der Waals surface area contributed by atoms with E-state index in [4.69, 9.17) is 5.73 Å². The highest BCUT2D eigenvalue weighted by Crippen LogP contribution is 2.14. The van der Waals surface area contributed by atoms with Crippen LogP contribution in [0.25, 0.3) is 0 Å². The molecular weight excluding hydrogens is 180 g/mol. The summed E-state index contributed by atoms with van der Waals surface area (Å²) >= 11 is 0. The molecule has 1 atom stereocenters. The maximum absolute atomic E-state index is 10.8. The maximum atomic E-state index is 10.8. The first kappa shape index (κ1) is 10.7. The molecule has 5 nitrogen and oxygen atoms in total. The van der Waals surface area contributed by atoms with Crippen molar-refractivity contribution >= 4 is 5.91 Å². The summed E-state index contributed by atoms with van der Waals surface area (Å²) in [6.45, 7) is 2.79. The molecule has 0 spiro atoms. The van der Waals surface area contributed by atoms with Crippen LogP contribution >= 0.6 is 0 Å². The highest BCUT2D eigenvalue weighted by Gasteiger charge is 2.14. The minimum absolute atomic E-state index is 0.0220. The second kappa shape index (κ2) is 4.76. The molecular formula is C9H16N4O. The molecule has 1 amide bonds. The number of nitrogens with zero attached hydrogens (tertiary/aromatic N) is 2. The summed E-state index contributed by atoms with van der Waals surface area (Å²) in [6.07, 6.45) is 3.94. The Hall–Kier alpha value is -1.36. The van der Waals surface area contributed by atoms with Crippen molar-refractivity contribution in [3.05, 3.63) is 18.0 Å². The molecule has 14 heavy (non-hydrogen) atoms. The normalized spacial score (nSPS) is 12.7. The van der Waals surface area contributed by atoms with Gasteiger partial charge in [-0.2, -0.15) is 5.10 Å². The molecule has 1 heterocycles. The SMILES string of the molecule is CCNC(CC(N)=O)c1cnn(C)c1. The molecule has 0 aliphatic carbocycles. The van der Waals surface area contributed by atoms with Crippen LogP contribution in [0.4, 0.5) is 0 Å². The number of nitrogens with two attached hydrogens (primary N) is 1. The lowest BCUT2D eigenvalue weighted by Gasteiger charge is -2.13. The lowest BCUT2D eigenvalue weighted by molar-refractivity contribution is -0.118. The highest BCUT2D eigenvalue weighted by atomic mass is 16.1. The Morgan fingerprint density at radius 3 is 2.93 bits per heavy atom. The van der Waals surface area contributed by atoms with Gasteiger partial charge >= 0.3 is 0 Å². The molecule has 0 aliphatic rings. The molecule has 0 saturated heterocycles. The molecule has 1 aromatic rings. The van der Waals surface area contributed by atoms with Crippen LogP contribution in [0.1, 0.15) is 24.9 Å². The third-order valence-corrected chi connectivity index (χ3v) is 1.98. The van der Waals surface area contributed by atoms with Gasteiger partial charge in [0.25, 0.3) is 0 Å². The van der Waals surface area contributed by atoms with E-state index in [1.54, 1.807) is 10.9 Å². The van der Waals surface area contributed by atoms with Gasteiger partial charge in [0.2, 0.25) is 5.91 Å². The first-order chi connectivity index (χ1) is 6.63. The van der Waals surface area contributed by atoms with Gasteiger partial charge in [-0.05, 0) is 6.54 Å². The van der Waals surface area contributed by atoms with Crippen molar-refractivity contribution in [1.82, 2.24) is 15.1 Å². The highest BCUT2D eigenvalue weighted by molar-refractivity contribution is 5.74. The van der Waals surface area contributed by atoms with Crippen molar-refractivity contribution in [3.63, 3.8) is 0 Å². The summed E-state index contributed by atoms with van der Waals surface area (Å²) in [5, 5.41) is 7.24. The number of carbonyl (C=O) groups is 1. The van der Waals surface area contributed by atoms with Crippen molar-refractivity contribution in [2.24, 2.45) is 12.8 Å². The maximum Gasteiger partial charge on any atom is 0.219 e. The third kappa shape index (κ3) is 2.85. The summed E-state index contributed by atoms with van der Waals surface area (Å²) in [5.74, 6) is -0.306. The van der Waals surface area contributed by atoms with Crippen LogP contribution in [-0.4, -0.2) is 22.2 Å². The van der Waals surface area contributed by atoms with Crippen LogP contribution < -0.4 is 11.1 Å². The van der Waals surface area contributed by atoms with Crippen molar-refractivity contribution in [3.8, 4) is 0 Å². The minimum atomic E-state index is -0.306. The van der Waals surface area contributed by atoms with Gasteiger partial charge in [0.05, 0.1) is 6.20 Å². The first-order valence-corrected chi connectivity index (χ1v) is 4.63. The number of nitrogens with one attached hydrogen (secondary N) is 1. The fraction of sp³-hybridized carbons (Fsp3) is 0.556. The molecule has 78 valence electrons. The zero-order valence-electron chi connectivity index (χ0n) is 8.53. The van der Waals surface area contributed by atoms with Crippen LogP contribution in [0.3, 0.4) is 0 Å². The Balaban J connectivity index is 2.71. The first-order valence-electron chi connectivity index (χ1n) is 4.63. The molecule has 1 rings (SSSR count). The average Bonchev–Trinajstić information content (AvgIpc) is 2.50. The van der Waals surface area contributed by atoms with Crippen molar-refractivity contribution < 1.29 is 4.79 Å². The summed E-state index contributed by atoms with van der Waals surface area (Å²) in [5.41, 5.74) is 6.16. The Labute approximate surface area is 83.3 Å². The summed E-state index contributed by atoms with van der Waals surface area (Å²) in [4.78, 5) is 10.8. The number of primary amides is 1. The van der Waals surface area contributed by atoms with E-state index < -0.39 is 0 Å². The number of hydrogen-bond donors (Lipinski definition) is 2. The quantitative estimate of drug-likeness (QED) is 0.693. The van der Waals surface area contributed by atoms with Crippen LogP contribution in [0, 0.1) is 0 Å². The van der Waals surface area contributed by atoms with Gasteiger partial charge in [-0.15, -0.1) is 0 Å². The second-order valence-corrected chi connectivity index (χ2v) is 3.23. The van der Waals surface area contributed by atoms with Crippen molar-refractivity contribution in [2.75, 3.05) is 6.54 Å². The lowest BCUT2D eigenvalue weighted by Crippen LogP contribution is -2.26. The van der Waals surface area contributed by atoms with E-state index in [0.717, 1.165) is 12.1 Å². The van der Waals surface area contributed by atoms with Gasteiger partial charge in [-0.1, -0.05) is 6.92 Å². The molecule has 0 aliphatic heterocycles. The van der Waals surface area contributed by atoms with E-state index >= 15 is 0 Å². The van der Waals surface area contributed by atoms with E-state index in [1.165, 1.54) is 0 Å². The molecule has 0 fully saturated rings. The van der Waals surface area contributed by atoms with Crippen LogP contribution in [0.15, 0.2) is 12.4 Å². The fourth-order valence-corrected chi connectivity index (χ4v) is 1.38. The molecule has 1 aromatic heterocycles. The Kier molecular flexibility index (Phi) is 3.64. The Morgan fingerprint density at radius 1 is 1.79 bits per heavy atom. The topological polar surface area (TPSA) is 72.9 Å². The van der Waals surface area contributed by atoms with Gasteiger partial charge in [0.1, 0.15) is 0 Å². The van der Waals surface area contributed by atoms with Gasteiger partial charge in [0, 0.05) is 31.3 Å². The van der Waals surface area contributed by atoms with Crippen LogP contribution in [0.5, 0.6) is 0 Å². The number of aryl methyl sites for hydroxylation is 1. The molecule has 0 aromatic carbocycles. The monoisotopic (exact) mass is 196 g/mol. The molecule has 3 N–H and O–H groups in total. The van der Waals surface area contributed by atoms with Crippen LogP contribution in [0.2, 0.25) is 0 Å². The smallest absolute Gasteiger partial charge is 0.219 e. The van der Waals surface area contributed by atoms with E-state index in [9.17, 15) is 4.79 Å². The predicted molar refractivity (Wildman–Crippen MR) is 53.4 cm³/mol. The molecule has 5 heteroatoms. The number of rotatable bonds is 5. The van der Waals surface area contributed by atoms with E-state index in [2.05, 4.69) is 10.4 Å². The summed E-state index contributed by atoms with van der Waals surface area (Å²) in [6, 6.07) is -0.0220. The molecule has 0 bridgehead atoms. The molecule has 0 radical (unpaired) electrons. The zero-order chi connectivity index (χ0) is 10.6. The zero-order valence-corrected chi connectivity index (χ0v) is 8.53. The molecule has 0 saturated carbocycles. The lowest BCUT2D eigenvalue weighted by atomic mass is 10.1. The number of carbonyl (C=O) groups excluding carboxylic acids is 1. The number of hydrogen-bond acceptors (Lipinski definition) is 3. The second-order valence-electron chi connectivity index (χ2n) is 3.23.